The summed E-state index contributed by atoms with van der Waals surface area (Å²) in [6, 6.07) is 4.08. The highest BCUT2D eigenvalue weighted by Crippen LogP contribution is 2.79. The van der Waals surface area contributed by atoms with Crippen LogP contribution < -0.4 is 5.73 Å². The number of nitriles is 2. The van der Waals surface area contributed by atoms with Crippen LogP contribution in [-0.4, -0.2) is 29.0 Å². The van der Waals surface area contributed by atoms with E-state index in [0.29, 0.717) is 11.4 Å². The van der Waals surface area contributed by atoms with E-state index in [1.165, 1.54) is 0 Å². The summed E-state index contributed by atoms with van der Waals surface area (Å²) in [7, 11) is 0. The second-order valence-corrected chi connectivity index (χ2v) is 8.23. The molecule has 0 aromatic rings. The molecule has 0 saturated heterocycles. The van der Waals surface area contributed by atoms with E-state index in [4.69, 9.17) is 15.4 Å². The number of hydrogen-bond acceptors (Lipinski definition) is 9. The van der Waals surface area contributed by atoms with Gasteiger partial charge in [0.25, 0.3) is 0 Å². The molecule has 0 radical (unpaired) electrons. The van der Waals surface area contributed by atoms with Crippen molar-refractivity contribution in [1.82, 2.24) is 0 Å². The Morgan fingerprint density at radius 2 is 1.59 bits per heavy atom. The topological polar surface area (TPSA) is 146 Å². The lowest BCUT2D eigenvalue weighted by Crippen LogP contribution is -2.43. The van der Waals surface area contributed by atoms with Gasteiger partial charge in [0, 0.05) is 5.41 Å². The number of fused-ring (bicyclic) bond motifs is 1. The van der Waals surface area contributed by atoms with Crippen LogP contribution in [0.5, 0.6) is 0 Å². The molecule has 0 bridgehead atoms. The molecule has 1 aliphatic heterocycles. The summed E-state index contributed by atoms with van der Waals surface area (Å²) in [5.74, 6) is -3.70. The largest absolute Gasteiger partial charge is 0.421 e. The van der Waals surface area contributed by atoms with Crippen molar-refractivity contribution < 1.29 is 14.5 Å². The molecule has 3 atom stereocenters. The highest BCUT2D eigenvalue weighted by Gasteiger charge is 2.98. The summed E-state index contributed by atoms with van der Waals surface area (Å²) in [6.45, 7) is 11.8. The second kappa shape index (κ2) is 6.05. The molecule has 9 heteroatoms. The molecule has 144 valence electrons. The minimum absolute atomic E-state index is 0.193. The minimum Gasteiger partial charge on any atom is -0.386 e. The predicted molar refractivity (Wildman–Crippen MR) is 98.1 cm³/mol. The van der Waals surface area contributed by atoms with Crippen LogP contribution in [0.1, 0.15) is 48.5 Å². The molecular formula is C18H24N6O3. The van der Waals surface area contributed by atoms with Crippen molar-refractivity contribution in [3.8, 4) is 12.1 Å². The van der Waals surface area contributed by atoms with Gasteiger partial charge in [0.1, 0.15) is 11.6 Å². The van der Waals surface area contributed by atoms with E-state index in [2.05, 4.69) is 21.4 Å². The van der Waals surface area contributed by atoms with Gasteiger partial charge in [0.05, 0.1) is 29.5 Å². The molecule has 27 heavy (non-hydrogen) atoms. The number of aliphatic imine (C=N–C) groups is 1. The third-order valence-corrected chi connectivity index (χ3v) is 4.63. The Bertz CT molecular complexity index is 826. The molecule has 1 fully saturated rings. The highest BCUT2D eigenvalue weighted by atomic mass is 16.8. The zero-order valence-corrected chi connectivity index (χ0v) is 16.6. The maximum absolute atomic E-state index is 13.1. The molecular weight excluding hydrogens is 348 g/mol. The molecule has 0 spiro atoms. The van der Waals surface area contributed by atoms with Gasteiger partial charge in [0.2, 0.25) is 0 Å². The number of nitrogens with zero attached hydrogens (tertiary/aromatic N) is 5. The lowest BCUT2D eigenvalue weighted by Gasteiger charge is -2.28. The summed E-state index contributed by atoms with van der Waals surface area (Å²) in [5.41, 5.74) is 2.83. The first-order valence-electron chi connectivity index (χ1n) is 8.47. The van der Waals surface area contributed by atoms with Crippen molar-refractivity contribution in [3.63, 3.8) is 0 Å². The van der Waals surface area contributed by atoms with Crippen LogP contribution in [-0.2, 0) is 14.5 Å². The lowest BCUT2D eigenvalue weighted by atomic mass is 9.84. The van der Waals surface area contributed by atoms with Gasteiger partial charge in [0.15, 0.2) is 10.8 Å². The number of carbonyl (C=O) groups excluding carboxylic acids is 1. The van der Waals surface area contributed by atoms with Gasteiger partial charge >= 0.3 is 5.91 Å². The first kappa shape index (κ1) is 20.4. The van der Waals surface area contributed by atoms with Gasteiger partial charge in [-0.1, -0.05) is 31.1 Å². The Morgan fingerprint density at radius 1 is 1.11 bits per heavy atom. The molecule has 1 aliphatic carbocycles. The Hall–Kier alpha value is -2.94. The molecule has 0 aromatic carbocycles. The fourth-order valence-corrected chi connectivity index (χ4v) is 3.36. The summed E-state index contributed by atoms with van der Waals surface area (Å²) in [6.07, 6.45) is 0. The van der Waals surface area contributed by atoms with Gasteiger partial charge in [-0.2, -0.15) is 15.5 Å². The van der Waals surface area contributed by atoms with Gasteiger partial charge in [-0.15, -0.1) is 0 Å². The molecule has 0 aromatic heterocycles. The number of carbonyl (C=O) groups is 1. The summed E-state index contributed by atoms with van der Waals surface area (Å²) in [5, 5.41) is 27.7. The van der Waals surface area contributed by atoms with Crippen LogP contribution in [0.3, 0.4) is 0 Å². The maximum Gasteiger partial charge on any atom is 0.421 e. The fraction of sp³-hybridized carbons (Fsp3) is 0.667. The van der Waals surface area contributed by atoms with E-state index < -0.39 is 28.1 Å². The molecule has 1 heterocycles. The number of rotatable bonds is 5. The number of hydrogen-bond donors (Lipinski definition) is 1. The van der Waals surface area contributed by atoms with Crippen molar-refractivity contribution in [2.75, 3.05) is 0 Å². The average Bonchev–Trinajstić information content (AvgIpc) is 3.13. The first-order valence-corrected chi connectivity index (χ1v) is 8.47. The minimum atomic E-state index is -2.12. The van der Waals surface area contributed by atoms with E-state index in [0.717, 1.165) is 0 Å². The third kappa shape index (κ3) is 2.49. The van der Waals surface area contributed by atoms with Crippen molar-refractivity contribution >= 4 is 23.0 Å². The highest BCUT2D eigenvalue weighted by molar-refractivity contribution is 6.08. The monoisotopic (exact) mass is 372 g/mol. The quantitative estimate of drug-likeness (QED) is 0.444. The molecule has 1 saturated carbocycles. The van der Waals surface area contributed by atoms with Crippen LogP contribution in [0.2, 0.25) is 0 Å². The van der Waals surface area contributed by atoms with Crippen LogP contribution in [0, 0.1) is 44.8 Å². The SMILES string of the molecule is CC(C)=NOC1(ON=C(C)C)N=C(N)C2(C#N)C(C(=O)C(C)(C)C)C12C#N. The number of oxime groups is 2. The van der Waals surface area contributed by atoms with Crippen LogP contribution >= 0.6 is 0 Å². The number of amidine groups is 1. The van der Waals surface area contributed by atoms with Gasteiger partial charge < -0.3 is 15.4 Å². The normalized spacial score (nSPS) is 30.0. The third-order valence-electron chi connectivity index (χ3n) is 4.63. The van der Waals surface area contributed by atoms with Gasteiger partial charge in [-0.25, -0.2) is 0 Å². The molecule has 2 N–H and O–H groups in total. The Morgan fingerprint density at radius 3 is 1.93 bits per heavy atom. The molecule has 0 amide bonds. The maximum atomic E-state index is 13.1. The predicted octanol–water partition coefficient (Wildman–Crippen LogP) is 2.10. The summed E-state index contributed by atoms with van der Waals surface area (Å²) in [4.78, 5) is 28.2. The Balaban J connectivity index is 2.74. The summed E-state index contributed by atoms with van der Waals surface area (Å²) < 4.78 is 0. The van der Waals surface area contributed by atoms with Crippen LogP contribution in [0.15, 0.2) is 15.3 Å². The van der Waals surface area contributed by atoms with Crippen LogP contribution in [0.25, 0.3) is 0 Å². The standard InChI is InChI=1S/C18H24N6O3/c1-10(2)23-26-18(27-24-11(3)4)17(9-20)12(13(25)15(5,6)7)16(17,8-19)14(21)22-18/h12H,1-7H3,(H2,21,22). The number of nitrogens with two attached hydrogens (primary N) is 1. The second-order valence-electron chi connectivity index (χ2n) is 8.23. The zero-order chi connectivity index (χ0) is 20.8. The van der Waals surface area contributed by atoms with E-state index in [1.54, 1.807) is 48.5 Å². The number of ketones is 1. The lowest BCUT2D eigenvalue weighted by molar-refractivity contribution is -0.262. The van der Waals surface area contributed by atoms with Crippen LogP contribution in [0.4, 0.5) is 0 Å². The van der Waals surface area contributed by atoms with E-state index >= 15 is 0 Å². The fourth-order valence-electron chi connectivity index (χ4n) is 3.36. The Labute approximate surface area is 158 Å². The van der Waals surface area contributed by atoms with Gasteiger partial charge in [-0.3, -0.25) is 4.79 Å². The van der Waals surface area contributed by atoms with Crippen molar-refractivity contribution in [3.05, 3.63) is 0 Å². The summed E-state index contributed by atoms with van der Waals surface area (Å²) >= 11 is 0. The van der Waals surface area contributed by atoms with Crippen molar-refractivity contribution in [1.29, 1.82) is 10.5 Å². The first-order chi connectivity index (χ1) is 12.4. The van der Waals surface area contributed by atoms with Crippen molar-refractivity contribution in [2.45, 2.75) is 54.4 Å². The van der Waals surface area contributed by atoms with Gasteiger partial charge in [-0.05, 0) is 27.7 Å². The molecule has 2 aliphatic rings. The number of Topliss-reactive ketones (excluding diaryl/α,β-unsaturated/α-hetero) is 1. The Kier molecular flexibility index (Phi) is 4.57. The zero-order valence-electron chi connectivity index (χ0n) is 16.6. The van der Waals surface area contributed by atoms with Crippen molar-refractivity contribution in [2.24, 2.45) is 43.2 Å². The smallest absolute Gasteiger partial charge is 0.386 e. The van der Waals surface area contributed by atoms with E-state index in [1.807, 2.05) is 6.07 Å². The van der Waals surface area contributed by atoms with E-state index in [-0.39, 0.29) is 11.6 Å². The molecule has 2 rings (SSSR count). The van der Waals surface area contributed by atoms with E-state index in [9.17, 15) is 15.3 Å². The average molecular weight is 372 g/mol. The molecule has 3 unspecified atom stereocenters. The molecule has 9 nitrogen and oxygen atoms in total.